The van der Waals surface area contributed by atoms with Crippen LogP contribution in [0.2, 0.25) is 0 Å². The van der Waals surface area contributed by atoms with Gasteiger partial charge >= 0.3 is 7.82 Å². The molecule has 16 heteroatoms. The molecule has 0 spiro atoms. The fourth-order valence-electron chi connectivity index (χ4n) is 2.78. The Labute approximate surface area is 198 Å². The van der Waals surface area contributed by atoms with Crippen molar-refractivity contribution in [1.29, 1.82) is 0 Å². The van der Waals surface area contributed by atoms with Gasteiger partial charge in [-0.15, -0.1) is 0 Å². The van der Waals surface area contributed by atoms with Gasteiger partial charge in [-0.2, -0.15) is 0 Å². The summed E-state index contributed by atoms with van der Waals surface area (Å²) in [7, 11) is -5.10. The van der Waals surface area contributed by atoms with Crippen LogP contribution in [0.15, 0.2) is 0 Å². The molecule has 0 bridgehead atoms. The van der Waals surface area contributed by atoms with Gasteiger partial charge in [0, 0.05) is 48.9 Å². The number of hydrogen-bond acceptors (Lipinski definition) is 12. The molecule has 0 aromatic heterocycles. The molecule has 0 aromatic carbocycles. The van der Waals surface area contributed by atoms with Crippen LogP contribution >= 0.6 is 7.82 Å². The third-order valence-electron chi connectivity index (χ3n) is 4.20. The SMILES string of the molecule is O=P(O)(O)O[C@H]1O[C@H](CO)[C@@H](O[C@@H]2O[C@H](CO)[C@H](O)[C@H](O)[C@H]2O)[C@H](O)[C@H]1O.[Ba]. The molecule has 0 aliphatic carbocycles. The van der Waals surface area contributed by atoms with E-state index >= 15 is 0 Å². The van der Waals surface area contributed by atoms with E-state index in [0.29, 0.717) is 0 Å². The van der Waals surface area contributed by atoms with Gasteiger partial charge in [0.15, 0.2) is 12.6 Å². The molecule has 2 radical (unpaired) electrons. The third-order valence-corrected chi connectivity index (χ3v) is 4.68. The van der Waals surface area contributed by atoms with Gasteiger partial charge in [-0.25, -0.2) is 4.57 Å². The maximum Gasteiger partial charge on any atom is 0.472 e. The van der Waals surface area contributed by atoms with Crippen LogP contribution in [0.25, 0.3) is 0 Å². The van der Waals surface area contributed by atoms with E-state index in [1.165, 1.54) is 0 Å². The van der Waals surface area contributed by atoms with Crippen molar-refractivity contribution in [2.75, 3.05) is 13.2 Å². The van der Waals surface area contributed by atoms with Crippen molar-refractivity contribution in [2.24, 2.45) is 0 Å². The first-order chi connectivity index (χ1) is 12.5. The third kappa shape index (κ3) is 6.40. The van der Waals surface area contributed by atoms with Gasteiger partial charge in [0.1, 0.15) is 48.8 Å². The number of hydrogen-bond donors (Lipinski definition) is 9. The van der Waals surface area contributed by atoms with E-state index in [1.807, 2.05) is 0 Å². The summed E-state index contributed by atoms with van der Waals surface area (Å²) in [5.41, 5.74) is 0. The Morgan fingerprint density at radius 3 is 1.75 bits per heavy atom. The maximum absolute atomic E-state index is 10.9. The summed E-state index contributed by atoms with van der Waals surface area (Å²) in [6, 6.07) is 0. The first kappa shape index (κ1) is 27.3. The Bertz CT molecular complexity index is 530. The fraction of sp³-hybridized carbons (Fsp3) is 1.00. The summed E-state index contributed by atoms with van der Waals surface area (Å²) in [4.78, 5) is 17.6. The molecule has 2 aliphatic heterocycles. The van der Waals surface area contributed by atoms with E-state index < -0.39 is 82.4 Å². The first-order valence-corrected chi connectivity index (χ1v) is 9.35. The van der Waals surface area contributed by atoms with Crippen molar-refractivity contribution in [3.05, 3.63) is 0 Å². The van der Waals surface area contributed by atoms with Gasteiger partial charge in [-0.3, -0.25) is 4.52 Å². The molecule has 0 aromatic rings. The van der Waals surface area contributed by atoms with Crippen molar-refractivity contribution in [3.8, 4) is 0 Å². The Kier molecular flexibility index (Phi) is 11.0. The second-order valence-electron chi connectivity index (χ2n) is 6.10. The van der Waals surface area contributed by atoms with Crippen molar-refractivity contribution in [2.45, 2.75) is 61.4 Å². The molecule has 2 heterocycles. The average molecular weight is 560 g/mol. The Balaban J connectivity index is 0.00000392. The number of ether oxygens (including phenoxy) is 3. The van der Waals surface area contributed by atoms with Gasteiger partial charge in [0.05, 0.1) is 13.2 Å². The minimum Gasteiger partial charge on any atom is -0.394 e. The summed E-state index contributed by atoms with van der Waals surface area (Å²) in [5, 5.41) is 68.0. The molecule has 0 saturated carbocycles. The fourth-order valence-corrected chi connectivity index (χ4v) is 3.22. The maximum atomic E-state index is 10.9. The standard InChI is InChI=1S/C12H23O14P.Ba/c13-1-3-5(15)6(16)8(18)11(23-3)25-10-4(2-14)24-12(9(19)7(10)17)26-27(20,21)22;/h3-19H,1-2H2,(H2,20,21,22);/t3-,4-,5+,6+,7-,8-,9-,10-,11+,12-;/m1./s1. The average Bonchev–Trinajstić information content (AvgIpc) is 2.60. The molecular formula is C12H23BaO14P. The number of phosphoric ester groups is 1. The topological polar surface area (TPSA) is 236 Å². The van der Waals surface area contributed by atoms with Crippen molar-refractivity contribution in [1.82, 2.24) is 0 Å². The second-order valence-corrected chi connectivity index (χ2v) is 7.29. The molecule has 14 nitrogen and oxygen atoms in total. The van der Waals surface area contributed by atoms with Crippen LogP contribution in [0.3, 0.4) is 0 Å². The molecule has 2 aliphatic rings. The van der Waals surface area contributed by atoms with Gasteiger partial charge < -0.3 is 59.7 Å². The Morgan fingerprint density at radius 2 is 1.25 bits per heavy atom. The van der Waals surface area contributed by atoms with E-state index in [1.54, 1.807) is 0 Å². The van der Waals surface area contributed by atoms with Crippen LogP contribution in [0.1, 0.15) is 0 Å². The molecule has 2 rings (SSSR count). The van der Waals surface area contributed by atoms with Crippen molar-refractivity contribution < 1.29 is 68.8 Å². The van der Waals surface area contributed by atoms with E-state index in [-0.39, 0.29) is 48.9 Å². The molecule has 28 heavy (non-hydrogen) atoms. The van der Waals surface area contributed by atoms with Crippen LogP contribution in [-0.2, 0) is 23.3 Å². The second kappa shape index (κ2) is 11.2. The van der Waals surface area contributed by atoms with Crippen LogP contribution in [-0.4, -0.2) is 169 Å². The largest absolute Gasteiger partial charge is 0.472 e. The molecule has 162 valence electrons. The molecule has 9 N–H and O–H groups in total. The number of aliphatic hydroxyl groups is 7. The number of phosphoric acid groups is 1. The number of rotatable bonds is 6. The zero-order chi connectivity index (χ0) is 20.5. The minimum atomic E-state index is -5.10. The molecule has 2 saturated heterocycles. The van der Waals surface area contributed by atoms with Crippen LogP contribution in [0.4, 0.5) is 0 Å². The van der Waals surface area contributed by atoms with Gasteiger partial charge in [0.25, 0.3) is 0 Å². The van der Waals surface area contributed by atoms with Crippen LogP contribution in [0, 0.1) is 0 Å². The molecule has 0 unspecified atom stereocenters. The van der Waals surface area contributed by atoms with Crippen LogP contribution in [0.5, 0.6) is 0 Å². The Morgan fingerprint density at radius 1 is 0.750 bits per heavy atom. The van der Waals surface area contributed by atoms with Gasteiger partial charge in [0.2, 0.25) is 0 Å². The zero-order valence-corrected chi connectivity index (χ0v) is 19.7. The molecule has 0 amide bonds. The Hall–Kier alpha value is 1.28. The normalized spacial score (nSPS) is 44.8. The van der Waals surface area contributed by atoms with Crippen molar-refractivity contribution >= 4 is 56.7 Å². The van der Waals surface area contributed by atoms with E-state index in [4.69, 9.17) is 29.1 Å². The minimum absolute atomic E-state index is 0. The smallest absolute Gasteiger partial charge is 0.394 e. The van der Waals surface area contributed by atoms with Crippen LogP contribution < -0.4 is 0 Å². The quantitative estimate of drug-likeness (QED) is 0.109. The predicted molar refractivity (Wildman–Crippen MR) is 85.3 cm³/mol. The first-order valence-electron chi connectivity index (χ1n) is 7.82. The molecule has 10 atom stereocenters. The summed E-state index contributed by atoms with van der Waals surface area (Å²) < 4.78 is 30.4. The summed E-state index contributed by atoms with van der Waals surface area (Å²) in [5.74, 6) is 0. The van der Waals surface area contributed by atoms with E-state index in [2.05, 4.69) is 4.52 Å². The summed E-state index contributed by atoms with van der Waals surface area (Å²) in [6.45, 7) is -1.59. The predicted octanol–water partition coefficient (Wildman–Crippen LogP) is -5.66. The van der Waals surface area contributed by atoms with Crippen molar-refractivity contribution in [3.63, 3.8) is 0 Å². The van der Waals surface area contributed by atoms with E-state index in [0.717, 1.165) is 0 Å². The van der Waals surface area contributed by atoms with Gasteiger partial charge in [-0.05, 0) is 0 Å². The van der Waals surface area contributed by atoms with Gasteiger partial charge in [-0.1, -0.05) is 0 Å². The van der Waals surface area contributed by atoms with E-state index in [9.17, 15) is 35.2 Å². The number of aliphatic hydroxyl groups excluding tert-OH is 7. The zero-order valence-electron chi connectivity index (χ0n) is 14.4. The molecule has 2 fully saturated rings. The molecular weight excluding hydrogens is 536 g/mol. The summed E-state index contributed by atoms with van der Waals surface area (Å²) in [6.07, 6.45) is -17.3. The summed E-state index contributed by atoms with van der Waals surface area (Å²) >= 11 is 0. The monoisotopic (exact) mass is 560 g/mol.